The smallest absolute Gasteiger partial charge is 0.152 e. The standard InChI is InChI=1S/C8H17NOS/c1-4-11-5-7(9)8(10)6(2)3/h6-7H,4-5,9H2,1-3H3/t7-/m1/s1. The quantitative estimate of drug-likeness (QED) is 0.684. The van der Waals surface area contributed by atoms with Crippen LogP contribution in [-0.2, 0) is 4.79 Å². The maximum Gasteiger partial charge on any atom is 0.152 e. The first kappa shape index (κ1) is 11.0. The summed E-state index contributed by atoms with van der Waals surface area (Å²) in [5, 5.41) is 0. The van der Waals surface area contributed by atoms with E-state index in [4.69, 9.17) is 5.73 Å². The van der Waals surface area contributed by atoms with Crippen molar-refractivity contribution < 1.29 is 4.79 Å². The zero-order chi connectivity index (χ0) is 8.85. The highest BCUT2D eigenvalue weighted by Gasteiger charge is 2.15. The molecule has 0 bridgehead atoms. The molecule has 0 unspecified atom stereocenters. The molecule has 0 aliphatic rings. The van der Waals surface area contributed by atoms with Gasteiger partial charge in [-0.2, -0.15) is 11.8 Å². The summed E-state index contributed by atoms with van der Waals surface area (Å²) < 4.78 is 0. The molecular formula is C8H17NOS. The molecule has 1 atom stereocenters. The van der Waals surface area contributed by atoms with Gasteiger partial charge in [0.25, 0.3) is 0 Å². The summed E-state index contributed by atoms with van der Waals surface area (Å²) in [7, 11) is 0. The minimum atomic E-state index is -0.264. The molecule has 11 heavy (non-hydrogen) atoms. The predicted molar refractivity (Wildman–Crippen MR) is 50.8 cm³/mol. The molecule has 0 spiro atoms. The van der Waals surface area contributed by atoms with Crippen LogP contribution in [0.2, 0.25) is 0 Å². The fraction of sp³-hybridized carbons (Fsp3) is 0.875. The van der Waals surface area contributed by atoms with Crippen molar-refractivity contribution in [3.8, 4) is 0 Å². The normalized spacial score (nSPS) is 13.5. The molecule has 0 aromatic carbocycles. The van der Waals surface area contributed by atoms with Gasteiger partial charge in [-0.05, 0) is 5.75 Å². The van der Waals surface area contributed by atoms with Crippen LogP contribution in [0.25, 0.3) is 0 Å². The van der Waals surface area contributed by atoms with Gasteiger partial charge < -0.3 is 5.73 Å². The van der Waals surface area contributed by atoms with Crippen LogP contribution < -0.4 is 5.73 Å². The number of Topliss-reactive ketones (excluding diaryl/α,β-unsaturated/α-hetero) is 1. The van der Waals surface area contributed by atoms with Crippen LogP contribution >= 0.6 is 11.8 Å². The molecular weight excluding hydrogens is 158 g/mol. The molecule has 0 heterocycles. The van der Waals surface area contributed by atoms with E-state index in [1.807, 2.05) is 13.8 Å². The molecule has 0 fully saturated rings. The van der Waals surface area contributed by atoms with Gasteiger partial charge in [0.2, 0.25) is 0 Å². The van der Waals surface area contributed by atoms with Crippen molar-refractivity contribution in [3.05, 3.63) is 0 Å². The van der Waals surface area contributed by atoms with Gasteiger partial charge in [-0.1, -0.05) is 20.8 Å². The molecule has 0 aromatic rings. The Balaban J connectivity index is 3.64. The molecule has 2 N–H and O–H groups in total. The van der Waals surface area contributed by atoms with Crippen molar-refractivity contribution in [3.63, 3.8) is 0 Å². The average Bonchev–Trinajstić information content (AvgIpc) is 1.98. The summed E-state index contributed by atoms with van der Waals surface area (Å²) in [6.07, 6.45) is 0. The number of rotatable bonds is 5. The zero-order valence-corrected chi connectivity index (χ0v) is 8.28. The van der Waals surface area contributed by atoms with Crippen LogP contribution in [-0.4, -0.2) is 23.3 Å². The molecule has 0 amide bonds. The number of carbonyl (C=O) groups is 1. The SMILES string of the molecule is CCSC[C@@H](N)C(=O)C(C)C. The topological polar surface area (TPSA) is 43.1 Å². The van der Waals surface area contributed by atoms with Crippen LogP contribution in [0.4, 0.5) is 0 Å². The highest BCUT2D eigenvalue weighted by atomic mass is 32.2. The Morgan fingerprint density at radius 2 is 2.09 bits per heavy atom. The molecule has 0 aromatic heterocycles. The highest BCUT2D eigenvalue weighted by molar-refractivity contribution is 7.99. The highest BCUT2D eigenvalue weighted by Crippen LogP contribution is 2.05. The van der Waals surface area contributed by atoms with Crippen molar-refractivity contribution in [2.45, 2.75) is 26.8 Å². The second kappa shape index (κ2) is 5.61. The number of carbonyl (C=O) groups excluding carboxylic acids is 1. The van der Waals surface area contributed by atoms with E-state index in [1.165, 1.54) is 0 Å². The summed E-state index contributed by atoms with van der Waals surface area (Å²) >= 11 is 1.72. The van der Waals surface area contributed by atoms with E-state index in [-0.39, 0.29) is 17.7 Å². The molecule has 0 radical (unpaired) electrons. The first-order chi connectivity index (χ1) is 5.09. The molecule has 3 heteroatoms. The molecule has 66 valence electrons. The summed E-state index contributed by atoms with van der Waals surface area (Å²) in [5.41, 5.74) is 5.63. The minimum absolute atomic E-state index is 0.0717. The molecule has 0 rings (SSSR count). The third-order valence-electron chi connectivity index (χ3n) is 1.44. The van der Waals surface area contributed by atoms with Crippen molar-refractivity contribution in [1.29, 1.82) is 0 Å². The van der Waals surface area contributed by atoms with E-state index in [1.54, 1.807) is 11.8 Å². The Bertz CT molecular complexity index is 125. The lowest BCUT2D eigenvalue weighted by Crippen LogP contribution is -2.35. The number of ketones is 1. The van der Waals surface area contributed by atoms with E-state index in [2.05, 4.69) is 6.92 Å². The number of hydrogen-bond donors (Lipinski definition) is 1. The van der Waals surface area contributed by atoms with E-state index in [0.717, 1.165) is 11.5 Å². The van der Waals surface area contributed by atoms with Crippen molar-refractivity contribution in [2.24, 2.45) is 11.7 Å². The van der Waals surface area contributed by atoms with E-state index < -0.39 is 0 Å². The van der Waals surface area contributed by atoms with Gasteiger partial charge in [0.15, 0.2) is 5.78 Å². The molecule has 0 saturated carbocycles. The fourth-order valence-corrected chi connectivity index (χ4v) is 1.41. The Kier molecular flexibility index (Phi) is 5.60. The maximum absolute atomic E-state index is 11.2. The second-order valence-electron chi connectivity index (χ2n) is 2.82. The van der Waals surface area contributed by atoms with Crippen LogP contribution in [0.5, 0.6) is 0 Å². The summed E-state index contributed by atoms with van der Waals surface area (Å²) in [6.45, 7) is 5.84. The number of thioether (sulfide) groups is 1. The fourth-order valence-electron chi connectivity index (χ4n) is 0.755. The minimum Gasteiger partial charge on any atom is -0.321 e. The van der Waals surface area contributed by atoms with E-state index in [0.29, 0.717) is 0 Å². The van der Waals surface area contributed by atoms with Crippen molar-refractivity contribution in [2.75, 3.05) is 11.5 Å². The van der Waals surface area contributed by atoms with Crippen LogP contribution in [0.3, 0.4) is 0 Å². The van der Waals surface area contributed by atoms with Gasteiger partial charge in [-0.25, -0.2) is 0 Å². The van der Waals surface area contributed by atoms with Gasteiger partial charge in [0.1, 0.15) is 0 Å². The van der Waals surface area contributed by atoms with Gasteiger partial charge in [-0.3, -0.25) is 4.79 Å². The summed E-state index contributed by atoms with van der Waals surface area (Å²) in [6, 6.07) is -0.264. The van der Waals surface area contributed by atoms with Crippen LogP contribution in [0.15, 0.2) is 0 Å². The average molecular weight is 175 g/mol. The molecule has 0 aliphatic heterocycles. The van der Waals surface area contributed by atoms with Gasteiger partial charge in [-0.15, -0.1) is 0 Å². The van der Waals surface area contributed by atoms with Gasteiger partial charge >= 0.3 is 0 Å². The molecule has 2 nitrogen and oxygen atoms in total. The summed E-state index contributed by atoms with van der Waals surface area (Å²) in [4.78, 5) is 11.2. The van der Waals surface area contributed by atoms with Crippen LogP contribution in [0.1, 0.15) is 20.8 Å². The first-order valence-corrected chi connectivity index (χ1v) is 5.12. The lowest BCUT2D eigenvalue weighted by atomic mass is 10.0. The largest absolute Gasteiger partial charge is 0.321 e. The number of nitrogens with two attached hydrogens (primary N) is 1. The van der Waals surface area contributed by atoms with Gasteiger partial charge in [0.05, 0.1) is 6.04 Å². The predicted octanol–water partition coefficient (Wildman–Crippen LogP) is 1.29. The second-order valence-corrected chi connectivity index (χ2v) is 4.14. The van der Waals surface area contributed by atoms with Crippen molar-refractivity contribution in [1.82, 2.24) is 0 Å². The monoisotopic (exact) mass is 175 g/mol. The third-order valence-corrected chi connectivity index (χ3v) is 2.44. The van der Waals surface area contributed by atoms with Crippen molar-refractivity contribution >= 4 is 17.5 Å². The Hall–Kier alpha value is -0.0200. The lowest BCUT2D eigenvalue weighted by molar-refractivity contribution is -0.122. The Morgan fingerprint density at radius 1 is 1.55 bits per heavy atom. The molecule has 0 aliphatic carbocycles. The van der Waals surface area contributed by atoms with E-state index >= 15 is 0 Å². The lowest BCUT2D eigenvalue weighted by Gasteiger charge is -2.11. The zero-order valence-electron chi connectivity index (χ0n) is 7.46. The molecule has 0 saturated heterocycles. The number of hydrogen-bond acceptors (Lipinski definition) is 3. The third kappa shape index (κ3) is 4.43. The maximum atomic E-state index is 11.2. The Labute approximate surface area is 72.9 Å². The summed E-state index contributed by atoms with van der Waals surface area (Å²) in [5.74, 6) is 2.03. The van der Waals surface area contributed by atoms with Crippen LogP contribution in [0, 0.1) is 5.92 Å². The van der Waals surface area contributed by atoms with Gasteiger partial charge in [0, 0.05) is 11.7 Å². The van der Waals surface area contributed by atoms with E-state index in [9.17, 15) is 4.79 Å². The Morgan fingerprint density at radius 3 is 2.45 bits per heavy atom. The first-order valence-electron chi connectivity index (χ1n) is 3.96.